The molecule has 6 rings (SSSR count). The number of hydrogen-bond donors (Lipinski definition) is 2. The van der Waals surface area contributed by atoms with Crippen LogP contribution in [0.5, 0.6) is 0 Å². The van der Waals surface area contributed by atoms with Gasteiger partial charge in [-0.15, -0.1) is 11.3 Å². The number of aliphatic hydroxyl groups excluding tert-OH is 1. The van der Waals surface area contributed by atoms with Gasteiger partial charge in [0, 0.05) is 48.8 Å². The first-order chi connectivity index (χ1) is 25.5. The summed E-state index contributed by atoms with van der Waals surface area (Å²) in [6, 6.07) is 0. The van der Waals surface area contributed by atoms with Crippen LogP contribution < -0.4 is 0 Å². The van der Waals surface area contributed by atoms with Gasteiger partial charge >= 0.3 is 11.9 Å². The smallest absolute Gasteiger partial charge is 0.309 e. The van der Waals surface area contributed by atoms with Crippen molar-refractivity contribution in [1.29, 1.82) is 0 Å². The predicted molar refractivity (Wildman–Crippen MR) is 217 cm³/mol. The molecule has 10 heteroatoms. The molecule has 0 aliphatic heterocycles. The van der Waals surface area contributed by atoms with Gasteiger partial charge in [-0.05, 0) is 125 Å². The maximum Gasteiger partial charge on any atom is 0.309 e. The summed E-state index contributed by atoms with van der Waals surface area (Å²) in [7, 11) is 4.17. The fourth-order valence-corrected chi connectivity index (χ4v) is 14.0. The van der Waals surface area contributed by atoms with E-state index in [0.29, 0.717) is 31.3 Å². The molecule has 0 saturated heterocycles. The minimum atomic E-state index is -1.17. The number of hydrogen-bond acceptors (Lipinski definition) is 9. The lowest BCUT2D eigenvalue weighted by Gasteiger charge is -2.72. The number of aromatic nitrogens is 1. The van der Waals surface area contributed by atoms with E-state index < -0.39 is 28.9 Å². The molecule has 1 aromatic heterocycles. The van der Waals surface area contributed by atoms with E-state index in [1.165, 1.54) is 5.57 Å². The Morgan fingerprint density at radius 3 is 2.31 bits per heavy atom. The number of nitrogens with zero attached hydrogens (tertiary/aromatic N) is 3. The normalized spacial score (nSPS) is 36.4. The van der Waals surface area contributed by atoms with Crippen molar-refractivity contribution in [3.8, 4) is 0 Å². The standard InChI is InChI=1S/C45H71N3O6S/c1-28(2)37-31(49)22-45(34(50)25-48(21-20-47(10)11)24-29-26-55-27-46-29)19-18-43(8)30(38(37)45)12-13-33-42(7)16-15-35(54-36(51)23-40(3,4)39(52)53)41(5,6)32(42)14-17-44(33,43)9/h26-28,30,32-35,50H,12-25H2,1-11H3,(H,52,53)/t30-,32+,33-,34+,35?,42+,43-,44-,45+/m1/s1. The van der Waals surface area contributed by atoms with Gasteiger partial charge in [0.1, 0.15) is 6.10 Å². The van der Waals surface area contributed by atoms with Crippen LogP contribution in [0, 0.1) is 56.2 Å². The number of aliphatic carboxylic acids is 1. The summed E-state index contributed by atoms with van der Waals surface area (Å²) in [5.41, 5.74) is 3.35. The van der Waals surface area contributed by atoms with Crippen LogP contribution in [0.2, 0.25) is 0 Å². The third-order valence-corrected chi connectivity index (χ3v) is 17.3. The largest absolute Gasteiger partial charge is 0.481 e. The van der Waals surface area contributed by atoms with E-state index in [-0.39, 0.29) is 51.8 Å². The SMILES string of the molecule is CC(C)C1=C2[C@H]3CC[C@@H]4[C@@]5(C)CCC(OC(=O)CC(C)(C)C(=O)O)C(C)(C)[C@@H]5CC[C@@]4(C)[C@]3(C)CC[C@@]2([C@@H](O)CN(CCN(C)C)Cc2cscn2)CC1=O. The van der Waals surface area contributed by atoms with Crippen molar-refractivity contribution in [2.75, 3.05) is 33.7 Å². The number of Topliss-reactive ketones (excluding diaryl/α,β-unsaturated/α-hetero) is 1. The van der Waals surface area contributed by atoms with Gasteiger partial charge < -0.3 is 19.8 Å². The van der Waals surface area contributed by atoms with Gasteiger partial charge in [0.2, 0.25) is 0 Å². The highest BCUT2D eigenvalue weighted by Crippen LogP contribution is 2.77. The van der Waals surface area contributed by atoms with Crippen molar-refractivity contribution in [3.05, 3.63) is 27.7 Å². The molecule has 9 atom stereocenters. The second-order valence-corrected chi connectivity index (χ2v) is 21.8. The first-order valence-corrected chi connectivity index (χ1v) is 22.1. The zero-order valence-corrected chi connectivity index (χ0v) is 36.6. The van der Waals surface area contributed by atoms with Crippen LogP contribution in [0.3, 0.4) is 0 Å². The fourth-order valence-electron chi connectivity index (χ4n) is 13.5. The summed E-state index contributed by atoms with van der Waals surface area (Å²) in [5.74, 6) is 0.0503. The Morgan fingerprint density at radius 1 is 0.982 bits per heavy atom. The number of likely N-dealkylation sites (N-methyl/N-ethyl adjacent to an activating group) is 1. The van der Waals surface area contributed by atoms with Gasteiger partial charge in [-0.1, -0.05) is 54.0 Å². The molecule has 308 valence electrons. The molecule has 0 bridgehead atoms. The Labute approximate surface area is 335 Å². The van der Waals surface area contributed by atoms with Crippen LogP contribution in [0.1, 0.15) is 132 Å². The van der Waals surface area contributed by atoms with Crippen LogP contribution in [0.15, 0.2) is 22.0 Å². The molecule has 4 saturated carbocycles. The minimum Gasteiger partial charge on any atom is -0.481 e. The van der Waals surface area contributed by atoms with Crippen LogP contribution in [-0.4, -0.2) is 88.7 Å². The number of carboxylic acids is 1. The Kier molecular flexibility index (Phi) is 11.5. The van der Waals surface area contributed by atoms with E-state index in [9.17, 15) is 24.6 Å². The number of rotatable bonds is 13. The lowest BCUT2D eigenvalue weighted by atomic mass is 9.33. The predicted octanol–water partition coefficient (Wildman–Crippen LogP) is 8.26. The first-order valence-electron chi connectivity index (χ1n) is 21.2. The quantitative estimate of drug-likeness (QED) is 0.191. The molecule has 9 nitrogen and oxygen atoms in total. The van der Waals surface area contributed by atoms with E-state index in [1.54, 1.807) is 25.2 Å². The van der Waals surface area contributed by atoms with Gasteiger partial charge in [-0.25, -0.2) is 4.98 Å². The van der Waals surface area contributed by atoms with Crippen molar-refractivity contribution in [2.24, 2.45) is 56.2 Å². The topological polar surface area (TPSA) is 120 Å². The molecule has 55 heavy (non-hydrogen) atoms. The molecule has 2 N–H and O–H groups in total. The number of allylic oxidation sites excluding steroid dienone is 1. The zero-order valence-electron chi connectivity index (χ0n) is 35.8. The Balaban J connectivity index is 1.28. The Morgan fingerprint density at radius 2 is 1.69 bits per heavy atom. The number of carbonyl (C=O) groups is 3. The highest BCUT2D eigenvalue weighted by Gasteiger charge is 2.71. The summed E-state index contributed by atoms with van der Waals surface area (Å²) < 4.78 is 6.19. The maximum absolute atomic E-state index is 14.3. The van der Waals surface area contributed by atoms with Crippen molar-refractivity contribution in [3.63, 3.8) is 0 Å². The van der Waals surface area contributed by atoms with Crippen molar-refractivity contribution < 1.29 is 29.3 Å². The third kappa shape index (κ3) is 7.09. The van der Waals surface area contributed by atoms with E-state index in [2.05, 4.69) is 82.7 Å². The fraction of sp³-hybridized carbons (Fsp3) is 0.822. The molecule has 0 aromatic carbocycles. The van der Waals surface area contributed by atoms with Gasteiger partial charge in [0.15, 0.2) is 5.78 Å². The van der Waals surface area contributed by atoms with E-state index in [0.717, 1.165) is 75.7 Å². The number of fused-ring (bicyclic) bond motifs is 7. The van der Waals surface area contributed by atoms with Gasteiger partial charge in [0.25, 0.3) is 0 Å². The third-order valence-electron chi connectivity index (χ3n) is 16.7. The highest BCUT2D eigenvalue weighted by molar-refractivity contribution is 7.07. The highest BCUT2D eigenvalue weighted by atomic mass is 32.1. The number of carboxylic acid groups (broad SMARTS) is 1. The van der Waals surface area contributed by atoms with Gasteiger partial charge in [-0.2, -0.15) is 0 Å². The maximum atomic E-state index is 14.3. The molecule has 5 aliphatic carbocycles. The van der Waals surface area contributed by atoms with Crippen molar-refractivity contribution >= 4 is 29.1 Å². The number of ketones is 1. The summed E-state index contributed by atoms with van der Waals surface area (Å²) in [6.45, 7) is 22.6. The van der Waals surface area contributed by atoms with Crippen molar-refractivity contribution in [1.82, 2.24) is 14.8 Å². The molecule has 0 spiro atoms. The molecular formula is C45H71N3O6S. The molecule has 0 amide bonds. The first kappa shape index (κ1) is 42.5. The van der Waals surface area contributed by atoms with E-state index in [4.69, 9.17) is 4.74 Å². The second kappa shape index (κ2) is 14.9. The lowest BCUT2D eigenvalue weighted by Crippen LogP contribution is -2.66. The van der Waals surface area contributed by atoms with Crippen LogP contribution >= 0.6 is 11.3 Å². The average Bonchev–Trinajstić information content (AvgIpc) is 3.70. The Hall–Kier alpha value is -2.14. The molecule has 1 unspecified atom stereocenters. The number of esters is 1. The molecule has 1 heterocycles. The van der Waals surface area contributed by atoms with Gasteiger partial charge in [-0.3, -0.25) is 19.3 Å². The summed E-state index contributed by atoms with van der Waals surface area (Å²) in [6.07, 6.45) is 7.22. The van der Waals surface area contributed by atoms with Crippen LogP contribution in [0.4, 0.5) is 0 Å². The number of ether oxygens (including phenoxy) is 1. The zero-order chi connectivity index (χ0) is 40.5. The molecule has 4 fully saturated rings. The minimum absolute atomic E-state index is 0.0196. The molecular weight excluding hydrogens is 711 g/mol. The summed E-state index contributed by atoms with van der Waals surface area (Å²) in [4.78, 5) is 48.3. The lowest BCUT2D eigenvalue weighted by molar-refractivity contribution is -0.235. The molecule has 1 aromatic rings. The van der Waals surface area contributed by atoms with Crippen molar-refractivity contribution in [2.45, 2.75) is 145 Å². The number of carbonyl (C=O) groups excluding carboxylic acids is 2. The van der Waals surface area contributed by atoms with E-state index in [1.807, 2.05) is 5.51 Å². The number of aliphatic hydroxyl groups is 1. The molecule has 5 aliphatic rings. The summed E-state index contributed by atoms with van der Waals surface area (Å²) >= 11 is 1.60. The van der Waals surface area contributed by atoms with Gasteiger partial charge in [0.05, 0.1) is 29.1 Å². The Bertz CT molecular complexity index is 1650. The second-order valence-electron chi connectivity index (χ2n) is 21.1. The monoisotopic (exact) mass is 782 g/mol. The average molecular weight is 782 g/mol. The van der Waals surface area contributed by atoms with Crippen LogP contribution in [-0.2, 0) is 25.7 Å². The van der Waals surface area contributed by atoms with E-state index >= 15 is 0 Å². The number of thiazole rings is 1. The summed E-state index contributed by atoms with van der Waals surface area (Å²) in [5, 5.41) is 24.3. The van der Waals surface area contributed by atoms with Crippen LogP contribution in [0.25, 0.3) is 0 Å². The molecule has 0 radical (unpaired) electrons.